The lowest BCUT2D eigenvalue weighted by Crippen LogP contribution is -2.39. The number of aromatic nitrogens is 2. The van der Waals surface area contributed by atoms with Gasteiger partial charge in [-0.2, -0.15) is 0 Å². The highest BCUT2D eigenvalue weighted by Gasteiger charge is 2.13. The summed E-state index contributed by atoms with van der Waals surface area (Å²) in [7, 11) is 0. The minimum atomic E-state index is -0.690. The fraction of sp³-hybridized carbons (Fsp3) is 0.167. The highest BCUT2D eigenvalue weighted by molar-refractivity contribution is 5.94. The number of ether oxygens (including phenoxy) is 1. The molecule has 0 aliphatic rings. The molecular weight excluding hydrogens is 368 g/mol. The average molecular weight is 384 g/mol. The second kappa shape index (κ2) is 9.12. The van der Waals surface area contributed by atoms with Crippen LogP contribution in [0.3, 0.4) is 0 Å². The predicted molar refractivity (Wildman–Crippen MR) is 93.6 cm³/mol. The van der Waals surface area contributed by atoms with Crippen molar-refractivity contribution in [2.24, 2.45) is 0 Å². The van der Waals surface area contributed by atoms with Crippen LogP contribution in [0.5, 0.6) is 0 Å². The van der Waals surface area contributed by atoms with E-state index in [0.29, 0.717) is 5.89 Å². The van der Waals surface area contributed by atoms with Gasteiger partial charge in [0.2, 0.25) is 11.8 Å². The first-order valence-corrected chi connectivity index (χ1v) is 8.23. The van der Waals surface area contributed by atoms with Crippen molar-refractivity contribution in [3.8, 4) is 11.5 Å². The summed E-state index contributed by atoms with van der Waals surface area (Å²) in [6.07, 6.45) is 1.34. The molecule has 0 aliphatic heterocycles. The molecule has 28 heavy (non-hydrogen) atoms. The van der Waals surface area contributed by atoms with Gasteiger partial charge in [-0.05, 0) is 24.3 Å². The van der Waals surface area contributed by atoms with Crippen LogP contribution in [0.25, 0.3) is 11.5 Å². The number of amides is 2. The van der Waals surface area contributed by atoms with Gasteiger partial charge in [0.1, 0.15) is 6.54 Å². The fourth-order valence-corrected chi connectivity index (χ4v) is 2.09. The zero-order valence-electron chi connectivity index (χ0n) is 14.6. The molecule has 0 radical (unpaired) electrons. The van der Waals surface area contributed by atoms with Gasteiger partial charge >= 0.3 is 5.97 Å². The minimum absolute atomic E-state index is 0.0849. The van der Waals surface area contributed by atoms with Gasteiger partial charge in [0.05, 0.1) is 12.8 Å². The topological polar surface area (TPSA) is 137 Å². The fourth-order valence-electron chi connectivity index (χ4n) is 2.09. The number of carbonyl (C=O) groups is 3. The molecule has 1 aromatic carbocycles. The summed E-state index contributed by atoms with van der Waals surface area (Å²) in [5.41, 5.74) is 0.747. The standard InChI is InChI=1S/C18H16N4O6/c23-14(9-20-17(25)13-7-4-8-26-13)19-10-16(24)27-11-15-21-22-18(28-15)12-5-2-1-3-6-12/h1-8H,9-11H2,(H,19,23)(H,20,25). The summed E-state index contributed by atoms with van der Waals surface area (Å²) in [6, 6.07) is 12.2. The largest absolute Gasteiger partial charge is 0.459 e. The molecule has 0 saturated heterocycles. The summed E-state index contributed by atoms with van der Waals surface area (Å²) < 4.78 is 15.3. The first-order valence-electron chi connectivity index (χ1n) is 8.23. The van der Waals surface area contributed by atoms with Crippen molar-refractivity contribution in [2.75, 3.05) is 13.1 Å². The summed E-state index contributed by atoms with van der Waals surface area (Å²) in [5, 5.41) is 12.3. The molecule has 144 valence electrons. The van der Waals surface area contributed by atoms with Crippen molar-refractivity contribution in [1.82, 2.24) is 20.8 Å². The Morgan fingerprint density at radius 3 is 2.54 bits per heavy atom. The SMILES string of the molecule is O=C(CNC(=O)c1ccco1)NCC(=O)OCc1nnc(-c2ccccc2)o1. The van der Waals surface area contributed by atoms with Gasteiger partial charge in [-0.3, -0.25) is 14.4 Å². The van der Waals surface area contributed by atoms with E-state index in [1.807, 2.05) is 30.3 Å². The number of furan rings is 1. The average Bonchev–Trinajstić information content (AvgIpc) is 3.42. The Morgan fingerprint density at radius 2 is 1.79 bits per heavy atom. The molecule has 2 heterocycles. The molecule has 0 atom stereocenters. The Morgan fingerprint density at radius 1 is 0.964 bits per heavy atom. The first kappa shape index (κ1) is 18.8. The summed E-state index contributed by atoms with van der Waals surface area (Å²) in [4.78, 5) is 35.0. The van der Waals surface area contributed by atoms with Crippen molar-refractivity contribution in [3.63, 3.8) is 0 Å². The summed E-state index contributed by atoms with van der Waals surface area (Å²) in [5.74, 6) is -1.25. The third kappa shape index (κ3) is 5.27. The Bertz CT molecular complexity index is 936. The van der Waals surface area contributed by atoms with Crippen LogP contribution < -0.4 is 10.6 Å². The molecule has 3 rings (SSSR count). The van der Waals surface area contributed by atoms with E-state index in [0.717, 1.165) is 5.56 Å². The molecule has 3 aromatic rings. The lowest BCUT2D eigenvalue weighted by atomic mass is 10.2. The van der Waals surface area contributed by atoms with E-state index in [-0.39, 0.29) is 31.3 Å². The molecule has 0 saturated carbocycles. The van der Waals surface area contributed by atoms with E-state index in [1.165, 1.54) is 12.3 Å². The van der Waals surface area contributed by atoms with E-state index in [1.54, 1.807) is 6.07 Å². The number of esters is 1. The number of nitrogens with one attached hydrogen (secondary N) is 2. The molecule has 0 fully saturated rings. The second-order valence-corrected chi connectivity index (χ2v) is 5.46. The quantitative estimate of drug-likeness (QED) is 0.547. The third-order valence-electron chi connectivity index (χ3n) is 3.43. The van der Waals surface area contributed by atoms with Crippen LogP contribution in [0.1, 0.15) is 16.4 Å². The number of benzene rings is 1. The highest BCUT2D eigenvalue weighted by atomic mass is 16.5. The molecule has 2 aromatic heterocycles. The van der Waals surface area contributed by atoms with Crippen LogP contribution in [0.15, 0.2) is 57.6 Å². The molecule has 0 unspecified atom stereocenters. The lowest BCUT2D eigenvalue weighted by Gasteiger charge is -2.06. The van der Waals surface area contributed by atoms with Gasteiger partial charge in [-0.1, -0.05) is 18.2 Å². The summed E-state index contributed by atoms with van der Waals surface area (Å²) >= 11 is 0. The molecule has 10 nitrogen and oxygen atoms in total. The Kier molecular flexibility index (Phi) is 6.13. The van der Waals surface area contributed by atoms with E-state index in [9.17, 15) is 14.4 Å². The number of rotatable bonds is 8. The van der Waals surface area contributed by atoms with Crippen LogP contribution in [-0.4, -0.2) is 41.1 Å². The maximum Gasteiger partial charge on any atom is 0.325 e. The van der Waals surface area contributed by atoms with Gasteiger partial charge in [0, 0.05) is 5.56 Å². The predicted octanol–water partition coefficient (Wildman–Crippen LogP) is 0.919. The summed E-state index contributed by atoms with van der Waals surface area (Å²) in [6.45, 7) is -0.893. The number of hydrogen-bond acceptors (Lipinski definition) is 8. The van der Waals surface area contributed by atoms with Crippen molar-refractivity contribution >= 4 is 17.8 Å². The maximum absolute atomic E-state index is 11.7. The van der Waals surface area contributed by atoms with Gasteiger partial charge in [0.25, 0.3) is 11.8 Å². The second-order valence-electron chi connectivity index (χ2n) is 5.46. The van der Waals surface area contributed by atoms with Crippen molar-refractivity contribution in [1.29, 1.82) is 0 Å². The van der Waals surface area contributed by atoms with Gasteiger partial charge in [0.15, 0.2) is 12.4 Å². The lowest BCUT2D eigenvalue weighted by molar-refractivity contribution is -0.145. The molecular formula is C18H16N4O6. The van der Waals surface area contributed by atoms with Crippen LogP contribution in [0.4, 0.5) is 0 Å². The van der Waals surface area contributed by atoms with Crippen LogP contribution in [0.2, 0.25) is 0 Å². The Hall–Kier alpha value is -3.95. The monoisotopic (exact) mass is 384 g/mol. The van der Waals surface area contributed by atoms with E-state index < -0.39 is 17.8 Å². The van der Waals surface area contributed by atoms with Crippen molar-refractivity contribution in [2.45, 2.75) is 6.61 Å². The smallest absolute Gasteiger partial charge is 0.325 e. The zero-order valence-corrected chi connectivity index (χ0v) is 14.6. The highest BCUT2D eigenvalue weighted by Crippen LogP contribution is 2.17. The number of hydrogen-bond donors (Lipinski definition) is 2. The normalized spacial score (nSPS) is 10.3. The Labute approximate surface area is 158 Å². The molecule has 0 bridgehead atoms. The van der Waals surface area contributed by atoms with Gasteiger partial charge < -0.3 is 24.2 Å². The minimum Gasteiger partial charge on any atom is -0.459 e. The maximum atomic E-state index is 11.7. The molecule has 0 spiro atoms. The third-order valence-corrected chi connectivity index (χ3v) is 3.43. The van der Waals surface area contributed by atoms with Crippen molar-refractivity contribution in [3.05, 3.63) is 60.4 Å². The van der Waals surface area contributed by atoms with Gasteiger partial charge in [-0.25, -0.2) is 0 Å². The van der Waals surface area contributed by atoms with E-state index in [4.69, 9.17) is 13.6 Å². The Balaban J connectivity index is 1.36. The van der Waals surface area contributed by atoms with E-state index in [2.05, 4.69) is 20.8 Å². The van der Waals surface area contributed by atoms with Crippen LogP contribution in [0, 0.1) is 0 Å². The molecule has 2 amide bonds. The number of nitrogens with zero attached hydrogens (tertiary/aromatic N) is 2. The van der Waals surface area contributed by atoms with Gasteiger partial charge in [-0.15, -0.1) is 10.2 Å². The van der Waals surface area contributed by atoms with Crippen LogP contribution >= 0.6 is 0 Å². The molecule has 2 N–H and O–H groups in total. The number of carbonyl (C=O) groups excluding carboxylic acids is 3. The first-order chi connectivity index (χ1) is 13.6. The van der Waals surface area contributed by atoms with Crippen molar-refractivity contribution < 1.29 is 28.0 Å². The van der Waals surface area contributed by atoms with E-state index >= 15 is 0 Å². The molecule has 0 aliphatic carbocycles. The molecule has 10 heteroatoms. The zero-order chi connectivity index (χ0) is 19.8. The van der Waals surface area contributed by atoms with Crippen LogP contribution in [-0.2, 0) is 20.9 Å².